The van der Waals surface area contributed by atoms with E-state index in [4.69, 9.17) is 4.74 Å². The van der Waals surface area contributed by atoms with Gasteiger partial charge < -0.3 is 4.74 Å². The third kappa shape index (κ3) is 5.41. The molecule has 0 N–H and O–H groups in total. The molecule has 0 bridgehead atoms. The van der Waals surface area contributed by atoms with Gasteiger partial charge in [0.15, 0.2) is 5.82 Å². The van der Waals surface area contributed by atoms with Crippen LogP contribution in [-0.2, 0) is 0 Å². The van der Waals surface area contributed by atoms with E-state index in [9.17, 15) is 4.39 Å². The van der Waals surface area contributed by atoms with Gasteiger partial charge in [0, 0.05) is 14.7 Å². The van der Waals surface area contributed by atoms with E-state index in [1.54, 1.807) is 6.07 Å². The van der Waals surface area contributed by atoms with Crippen LogP contribution in [0.3, 0.4) is 0 Å². The number of hydrogen-bond acceptors (Lipinski definition) is 3. The summed E-state index contributed by atoms with van der Waals surface area (Å²) in [5.41, 5.74) is 1.62. The molecule has 0 saturated carbocycles. The molecule has 0 saturated heterocycles. The van der Waals surface area contributed by atoms with Crippen molar-refractivity contribution >= 4 is 45.7 Å². The number of rotatable bonds is 4. The van der Waals surface area contributed by atoms with E-state index in [-0.39, 0.29) is 5.69 Å². The van der Waals surface area contributed by atoms with Gasteiger partial charge in [-0.3, -0.25) is 0 Å². The van der Waals surface area contributed by atoms with Crippen LogP contribution in [0.2, 0.25) is 0 Å². The van der Waals surface area contributed by atoms with Gasteiger partial charge in [-0.15, -0.1) is 0 Å². The second-order valence-electron chi connectivity index (χ2n) is 5.47. The molecule has 0 unspecified atom stereocenters. The summed E-state index contributed by atoms with van der Waals surface area (Å²) in [6.07, 6.45) is 0. The molecule has 0 fully saturated rings. The average Bonchev–Trinajstić information content (AvgIpc) is 2.55. The van der Waals surface area contributed by atoms with Crippen molar-refractivity contribution in [1.29, 1.82) is 0 Å². The fourth-order valence-corrected chi connectivity index (χ4v) is 2.64. The standard InChI is InChI=1S/C19H15FINOS/c1-13(2)11-23-16-7-5-14(6-8-16)3-4-15-9-17(20)19(22-12-24)18(21)10-15/h5-10,13H,11H2,1-2H3. The lowest BCUT2D eigenvalue weighted by Crippen LogP contribution is -2.04. The predicted octanol–water partition coefficient (Wildman–Crippen LogP) is 5.60. The van der Waals surface area contributed by atoms with E-state index >= 15 is 0 Å². The van der Waals surface area contributed by atoms with Crippen LogP contribution in [0.5, 0.6) is 5.75 Å². The van der Waals surface area contributed by atoms with Crippen LogP contribution < -0.4 is 4.74 Å². The minimum atomic E-state index is -0.457. The first kappa shape index (κ1) is 18.6. The summed E-state index contributed by atoms with van der Waals surface area (Å²) in [5.74, 6) is 6.81. The maximum atomic E-state index is 14.0. The Hall–Kier alpha value is -1.74. The Labute approximate surface area is 160 Å². The van der Waals surface area contributed by atoms with Gasteiger partial charge in [-0.2, -0.15) is 4.99 Å². The molecule has 2 rings (SSSR count). The minimum Gasteiger partial charge on any atom is -0.493 e. The summed E-state index contributed by atoms with van der Waals surface area (Å²) in [7, 11) is 0. The average molecular weight is 451 g/mol. The van der Waals surface area contributed by atoms with Crippen molar-refractivity contribution in [3.05, 3.63) is 56.9 Å². The quantitative estimate of drug-likeness (QED) is 0.261. The molecule has 0 atom stereocenters. The summed E-state index contributed by atoms with van der Waals surface area (Å²) < 4.78 is 20.2. The Balaban J connectivity index is 2.16. The van der Waals surface area contributed by atoms with E-state index in [0.29, 0.717) is 21.7 Å². The van der Waals surface area contributed by atoms with E-state index in [0.717, 1.165) is 11.3 Å². The fraction of sp³-hybridized carbons (Fsp3) is 0.211. The Morgan fingerprint density at radius 2 is 1.83 bits per heavy atom. The molecule has 2 aromatic carbocycles. The first-order chi connectivity index (χ1) is 11.5. The number of hydrogen-bond donors (Lipinski definition) is 0. The van der Waals surface area contributed by atoms with Gasteiger partial charge in [0.1, 0.15) is 11.4 Å². The zero-order chi connectivity index (χ0) is 17.5. The summed E-state index contributed by atoms with van der Waals surface area (Å²) in [5, 5.41) is 2.18. The number of aliphatic imine (C=N–C) groups is 1. The summed E-state index contributed by atoms with van der Waals surface area (Å²) >= 11 is 6.52. The van der Waals surface area contributed by atoms with Crippen molar-refractivity contribution in [2.24, 2.45) is 10.9 Å². The lowest BCUT2D eigenvalue weighted by molar-refractivity contribution is 0.271. The molecule has 0 amide bonds. The molecule has 0 aliphatic carbocycles. The number of benzene rings is 2. The second kappa shape index (κ2) is 8.93. The van der Waals surface area contributed by atoms with Crippen molar-refractivity contribution in [2.45, 2.75) is 13.8 Å². The first-order valence-corrected chi connectivity index (χ1v) is 8.80. The van der Waals surface area contributed by atoms with E-state index in [1.165, 1.54) is 6.07 Å². The van der Waals surface area contributed by atoms with E-state index < -0.39 is 5.82 Å². The number of nitrogens with zero attached hydrogens (tertiary/aromatic N) is 1. The van der Waals surface area contributed by atoms with Gasteiger partial charge >= 0.3 is 0 Å². The number of ether oxygens (including phenoxy) is 1. The van der Waals surface area contributed by atoms with Crippen LogP contribution in [0.1, 0.15) is 25.0 Å². The third-order valence-corrected chi connectivity index (χ3v) is 3.88. The number of halogens is 2. The lowest BCUT2D eigenvalue weighted by Gasteiger charge is -2.08. The summed E-state index contributed by atoms with van der Waals surface area (Å²) in [6.45, 7) is 4.88. The molecule has 0 heterocycles. The highest BCUT2D eigenvalue weighted by atomic mass is 127. The SMILES string of the molecule is CC(C)COc1ccc(C#Cc2cc(F)c(N=C=S)c(I)c2)cc1. The van der Waals surface area contributed by atoms with Crippen molar-refractivity contribution in [3.63, 3.8) is 0 Å². The summed E-state index contributed by atoms with van der Waals surface area (Å²) in [4.78, 5) is 3.72. The normalized spacial score (nSPS) is 9.88. The van der Waals surface area contributed by atoms with Gasteiger partial charge in [-0.05, 0) is 77.1 Å². The monoisotopic (exact) mass is 451 g/mol. The topological polar surface area (TPSA) is 21.6 Å². The van der Waals surface area contributed by atoms with Gasteiger partial charge in [-0.1, -0.05) is 25.7 Å². The molecule has 0 aliphatic heterocycles. The summed E-state index contributed by atoms with van der Waals surface area (Å²) in [6, 6.07) is 10.6. The smallest absolute Gasteiger partial charge is 0.151 e. The molecule has 122 valence electrons. The minimum absolute atomic E-state index is 0.197. The van der Waals surface area contributed by atoms with Crippen LogP contribution in [0.4, 0.5) is 10.1 Å². The molecule has 0 spiro atoms. The molecule has 2 nitrogen and oxygen atoms in total. The van der Waals surface area contributed by atoms with E-state index in [2.05, 4.69) is 48.1 Å². The molecular weight excluding hydrogens is 436 g/mol. The molecular formula is C19H15FINOS. The van der Waals surface area contributed by atoms with Gasteiger partial charge in [0.2, 0.25) is 0 Å². The highest BCUT2D eigenvalue weighted by Gasteiger charge is 2.07. The van der Waals surface area contributed by atoms with Crippen LogP contribution in [0.25, 0.3) is 0 Å². The fourth-order valence-electron chi connectivity index (χ4n) is 1.83. The van der Waals surface area contributed by atoms with Crippen LogP contribution in [0.15, 0.2) is 41.4 Å². The van der Waals surface area contributed by atoms with Gasteiger partial charge in [0.25, 0.3) is 0 Å². The van der Waals surface area contributed by atoms with Crippen molar-refractivity contribution in [3.8, 4) is 17.6 Å². The van der Waals surface area contributed by atoms with Gasteiger partial charge in [0.05, 0.1) is 11.8 Å². The third-order valence-electron chi connectivity index (χ3n) is 2.96. The van der Waals surface area contributed by atoms with Crippen LogP contribution >= 0.6 is 34.8 Å². The number of thiocarbonyl (C=S) groups is 1. The Morgan fingerprint density at radius 3 is 2.42 bits per heavy atom. The highest BCUT2D eigenvalue weighted by Crippen LogP contribution is 2.26. The van der Waals surface area contributed by atoms with Crippen molar-refractivity contribution < 1.29 is 9.13 Å². The van der Waals surface area contributed by atoms with Crippen LogP contribution in [0, 0.1) is 27.1 Å². The largest absolute Gasteiger partial charge is 0.493 e. The Morgan fingerprint density at radius 1 is 1.17 bits per heavy atom. The zero-order valence-electron chi connectivity index (χ0n) is 13.3. The lowest BCUT2D eigenvalue weighted by atomic mass is 10.1. The molecule has 5 heteroatoms. The molecule has 0 radical (unpaired) electrons. The Bertz CT molecular complexity index is 808. The Kier molecular flexibility index (Phi) is 6.92. The van der Waals surface area contributed by atoms with E-state index in [1.807, 2.05) is 46.9 Å². The van der Waals surface area contributed by atoms with Crippen LogP contribution in [-0.4, -0.2) is 11.8 Å². The molecule has 24 heavy (non-hydrogen) atoms. The van der Waals surface area contributed by atoms with Crippen molar-refractivity contribution in [1.82, 2.24) is 0 Å². The zero-order valence-corrected chi connectivity index (χ0v) is 16.2. The predicted molar refractivity (Wildman–Crippen MR) is 107 cm³/mol. The highest BCUT2D eigenvalue weighted by molar-refractivity contribution is 14.1. The molecule has 0 aliphatic rings. The second-order valence-corrected chi connectivity index (χ2v) is 6.82. The number of isothiocyanates is 1. The van der Waals surface area contributed by atoms with Crippen molar-refractivity contribution in [2.75, 3.05) is 6.61 Å². The molecule has 2 aromatic rings. The molecule has 0 aromatic heterocycles. The first-order valence-electron chi connectivity index (χ1n) is 7.31. The maximum absolute atomic E-state index is 14.0. The van der Waals surface area contributed by atoms with Gasteiger partial charge in [-0.25, -0.2) is 4.39 Å². The maximum Gasteiger partial charge on any atom is 0.151 e.